The van der Waals surface area contributed by atoms with Crippen LogP contribution in [0.3, 0.4) is 0 Å². The van der Waals surface area contributed by atoms with E-state index in [-0.39, 0.29) is 5.75 Å². The predicted octanol–water partition coefficient (Wildman–Crippen LogP) is 2.63. The summed E-state index contributed by atoms with van der Waals surface area (Å²) in [4.78, 5) is 11.6. The molecular formula is C13H10FNO2. The van der Waals surface area contributed by atoms with E-state index < -0.39 is 11.8 Å². The van der Waals surface area contributed by atoms with Crippen molar-refractivity contribution in [3.63, 3.8) is 0 Å². The Morgan fingerprint density at radius 2 is 1.71 bits per heavy atom. The number of anilines is 1. The molecule has 0 heterocycles. The molecule has 0 aliphatic heterocycles. The molecule has 0 fully saturated rings. The fraction of sp³-hybridized carbons (Fsp3) is 0. The molecule has 0 saturated carbocycles. The van der Waals surface area contributed by atoms with E-state index in [0.717, 1.165) is 0 Å². The standard InChI is InChI=1S/C13H10FNO2/c14-11-3-1-2-4-12(11)17-13(16)9-5-7-10(15)8-6-9/h1-8H,15H2. The van der Waals surface area contributed by atoms with Crippen molar-refractivity contribution in [3.05, 3.63) is 59.9 Å². The predicted molar refractivity (Wildman–Crippen MR) is 62.2 cm³/mol. The Balaban J connectivity index is 2.17. The van der Waals surface area contributed by atoms with Crippen LogP contribution in [0.2, 0.25) is 0 Å². The third-order valence-electron chi connectivity index (χ3n) is 2.19. The van der Waals surface area contributed by atoms with Crippen molar-refractivity contribution in [3.8, 4) is 5.75 Å². The van der Waals surface area contributed by atoms with Gasteiger partial charge in [0.2, 0.25) is 0 Å². The fourth-order valence-corrected chi connectivity index (χ4v) is 1.31. The van der Waals surface area contributed by atoms with E-state index in [4.69, 9.17) is 10.5 Å². The number of rotatable bonds is 2. The van der Waals surface area contributed by atoms with Crippen molar-refractivity contribution in [2.24, 2.45) is 0 Å². The van der Waals surface area contributed by atoms with Gasteiger partial charge in [-0.25, -0.2) is 9.18 Å². The van der Waals surface area contributed by atoms with Crippen molar-refractivity contribution in [2.45, 2.75) is 0 Å². The monoisotopic (exact) mass is 231 g/mol. The Morgan fingerprint density at radius 3 is 2.35 bits per heavy atom. The molecule has 17 heavy (non-hydrogen) atoms. The number of hydrogen-bond acceptors (Lipinski definition) is 3. The van der Waals surface area contributed by atoms with Crippen molar-refractivity contribution < 1.29 is 13.9 Å². The van der Waals surface area contributed by atoms with Gasteiger partial charge >= 0.3 is 5.97 Å². The molecule has 0 bridgehead atoms. The SMILES string of the molecule is Nc1ccc(C(=O)Oc2ccccc2F)cc1. The summed E-state index contributed by atoms with van der Waals surface area (Å²) < 4.78 is 18.1. The van der Waals surface area contributed by atoms with Gasteiger partial charge in [-0.1, -0.05) is 12.1 Å². The van der Waals surface area contributed by atoms with E-state index in [9.17, 15) is 9.18 Å². The number of esters is 1. The van der Waals surface area contributed by atoms with Crippen LogP contribution in [-0.2, 0) is 0 Å². The van der Waals surface area contributed by atoms with Gasteiger partial charge in [-0.15, -0.1) is 0 Å². The zero-order valence-electron chi connectivity index (χ0n) is 8.89. The Bertz CT molecular complexity index is 537. The number of nitrogens with two attached hydrogens (primary N) is 1. The smallest absolute Gasteiger partial charge is 0.343 e. The minimum absolute atomic E-state index is 0.0886. The van der Waals surface area contributed by atoms with Gasteiger partial charge in [-0.2, -0.15) is 0 Å². The first kappa shape index (κ1) is 11.1. The summed E-state index contributed by atoms with van der Waals surface area (Å²) in [6.07, 6.45) is 0. The van der Waals surface area contributed by atoms with Gasteiger partial charge in [0.05, 0.1) is 5.56 Å². The first-order valence-electron chi connectivity index (χ1n) is 4.99. The number of nitrogen functional groups attached to an aromatic ring is 1. The van der Waals surface area contributed by atoms with Crippen LogP contribution in [0.4, 0.5) is 10.1 Å². The highest BCUT2D eigenvalue weighted by atomic mass is 19.1. The summed E-state index contributed by atoms with van der Waals surface area (Å²) in [6.45, 7) is 0. The molecule has 0 aromatic heterocycles. The third-order valence-corrected chi connectivity index (χ3v) is 2.19. The van der Waals surface area contributed by atoms with E-state index >= 15 is 0 Å². The highest BCUT2D eigenvalue weighted by Gasteiger charge is 2.10. The number of carbonyl (C=O) groups excluding carboxylic acids is 1. The van der Waals surface area contributed by atoms with E-state index in [1.165, 1.54) is 30.3 Å². The van der Waals surface area contributed by atoms with Crippen LogP contribution in [0.25, 0.3) is 0 Å². The van der Waals surface area contributed by atoms with Gasteiger partial charge in [0, 0.05) is 5.69 Å². The van der Waals surface area contributed by atoms with Crippen LogP contribution < -0.4 is 10.5 Å². The molecular weight excluding hydrogens is 221 g/mol. The number of ether oxygens (including phenoxy) is 1. The number of benzene rings is 2. The Kier molecular flexibility index (Phi) is 3.05. The molecule has 2 aromatic rings. The van der Waals surface area contributed by atoms with E-state index in [2.05, 4.69) is 0 Å². The van der Waals surface area contributed by atoms with Gasteiger partial charge in [0.1, 0.15) is 0 Å². The normalized spacial score (nSPS) is 9.94. The van der Waals surface area contributed by atoms with Crippen LogP contribution in [0.15, 0.2) is 48.5 Å². The quantitative estimate of drug-likeness (QED) is 0.491. The molecule has 86 valence electrons. The molecule has 4 heteroatoms. The van der Waals surface area contributed by atoms with Gasteiger partial charge in [-0.3, -0.25) is 0 Å². The van der Waals surface area contributed by atoms with Crippen LogP contribution in [0.1, 0.15) is 10.4 Å². The maximum Gasteiger partial charge on any atom is 0.343 e. The molecule has 0 radical (unpaired) electrons. The van der Waals surface area contributed by atoms with Crippen molar-refractivity contribution in [2.75, 3.05) is 5.73 Å². The van der Waals surface area contributed by atoms with Gasteiger partial charge < -0.3 is 10.5 Å². The zero-order chi connectivity index (χ0) is 12.3. The Labute approximate surface area is 97.6 Å². The van der Waals surface area contributed by atoms with E-state index in [1.807, 2.05) is 0 Å². The van der Waals surface area contributed by atoms with Crippen molar-refractivity contribution in [1.29, 1.82) is 0 Å². The maximum atomic E-state index is 13.2. The molecule has 0 aliphatic rings. The number of para-hydroxylation sites is 1. The first-order valence-corrected chi connectivity index (χ1v) is 4.99. The second kappa shape index (κ2) is 4.65. The lowest BCUT2D eigenvalue weighted by atomic mass is 10.2. The lowest BCUT2D eigenvalue weighted by molar-refractivity contribution is 0.0728. The molecule has 0 aliphatic carbocycles. The van der Waals surface area contributed by atoms with E-state index in [1.54, 1.807) is 18.2 Å². The molecule has 2 rings (SSSR count). The van der Waals surface area contributed by atoms with Crippen LogP contribution >= 0.6 is 0 Å². The van der Waals surface area contributed by atoms with E-state index in [0.29, 0.717) is 11.3 Å². The minimum atomic E-state index is -0.616. The minimum Gasteiger partial charge on any atom is -0.420 e. The Morgan fingerprint density at radius 1 is 1.06 bits per heavy atom. The summed E-state index contributed by atoms with van der Waals surface area (Å²) >= 11 is 0. The number of halogens is 1. The summed E-state index contributed by atoms with van der Waals surface area (Å²) in [5.41, 5.74) is 6.36. The van der Waals surface area contributed by atoms with Crippen LogP contribution in [0, 0.1) is 5.82 Å². The highest BCUT2D eigenvalue weighted by molar-refractivity contribution is 5.91. The van der Waals surface area contributed by atoms with Crippen LogP contribution in [0.5, 0.6) is 5.75 Å². The third kappa shape index (κ3) is 2.60. The zero-order valence-corrected chi connectivity index (χ0v) is 8.89. The number of carbonyl (C=O) groups is 1. The second-order valence-electron chi connectivity index (χ2n) is 3.44. The summed E-state index contributed by atoms with van der Waals surface area (Å²) in [6, 6.07) is 12.0. The van der Waals surface area contributed by atoms with Gasteiger partial charge in [0.15, 0.2) is 11.6 Å². The number of hydrogen-bond donors (Lipinski definition) is 1. The highest BCUT2D eigenvalue weighted by Crippen LogP contribution is 2.17. The molecule has 0 atom stereocenters. The lowest BCUT2D eigenvalue weighted by Crippen LogP contribution is -2.09. The summed E-state index contributed by atoms with van der Waals surface area (Å²) in [5.74, 6) is -1.28. The van der Waals surface area contributed by atoms with Crippen molar-refractivity contribution in [1.82, 2.24) is 0 Å². The average molecular weight is 231 g/mol. The Hall–Kier alpha value is -2.36. The molecule has 0 amide bonds. The molecule has 0 unspecified atom stereocenters. The first-order chi connectivity index (χ1) is 8.16. The largest absolute Gasteiger partial charge is 0.420 e. The fourth-order valence-electron chi connectivity index (χ4n) is 1.31. The summed E-state index contributed by atoms with van der Waals surface area (Å²) in [7, 11) is 0. The average Bonchev–Trinajstić information content (AvgIpc) is 2.33. The van der Waals surface area contributed by atoms with Gasteiger partial charge in [0.25, 0.3) is 0 Å². The second-order valence-corrected chi connectivity index (χ2v) is 3.44. The molecule has 0 spiro atoms. The van der Waals surface area contributed by atoms with Gasteiger partial charge in [-0.05, 0) is 36.4 Å². The van der Waals surface area contributed by atoms with Crippen LogP contribution in [-0.4, -0.2) is 5.97 Å². The summed E-state index contributed by atoms with van der Waals surface area (Å²) in [5, 5.41) is 0. The molecule has 0 saturated heterocycles. The maximum absolute atomic E-state index is 13.2. The molecule has 3 nitrogen and oxygen atoms in total. The lowest BCUT2D eigenvalue weighted by Gasteiger charge is -2.05. The molecule has 2 aromatic carbocycles. The van der Waals surface area contributed by atoms with Crippen molar-refractivity contribution >= 4 is 11.7 Å². The molecule has 2 N–H and O–H groups in total. The topological polar surface area (TPSA) is 52.3 Å².